The van der Waals surface area contributed by atoms with Crippen LogP contribution in [0.2, 0.25) is 0 Å². The minimum absolute atomic E-state index is 0.00605. The van der Waals surface area contributed by atoms with Crippen LogP contribution in [0.15, 0.2) is 54.8 Å². The fourth-order valence-corrected chi connectivity index (χ4v) is 3.02. The summed E-state index contributed by atoms with van der Waals surface area (Å²) in [5, 5.41) is 15.4. The summed E-state index contributed by atoms with van der Waals surface area (Å²) in [6, 6.07) is 9.06. The Kier molecular flexibility index (Phi) is 6.66. The number of benzene rings is 2. The number of nitro benzene ring substituents is 1. The molecule has 0 spiro atoms. The number of hydrogen-bond donors (Lipinski definition) is 2. The number of allylic oxidation sites excluding steroid dienone is 1. The fraction of sp³-hybridized carbons (Fsp3) is 0.182. The maximum Gasteiger partial charge on any atom is 0.326 e. The van der Waals surface area contributed by atoms with Crippen molar-refractivity contribution in [1.29, 1.82) is 0 Å². The van der Waals surface area contributed by atoms with Crippen molar-refractivity contribution in [3.05, 3.63) is 81.6 Å². The summed E-state index contributed by atoms with van der Waals surface area (Å²) in [5.41, 5.74) is 2.33. The number of ether oxygens (including phenoxy) is 2. The molecule has 0 radical (unpaired) electrons. The van der Waals surface area contributed by atoms with Gasteiger partial charge in [-0.25, -0.2) is 4.79 Å². The van der Waals surface area contributed by atoms with Gasteiger partial charge in [0.25, 0.3) is 11.6 Å². The predicted octanol–water partition coefficient (Wildman–Crippen LogP) is 3.48. The van der Waals surface area contributed by atoms with Gasteiger partial charge < -0.3 is 14.8 Å². The maximum absolute atomic E-state index is 11.8. The topological polar surface area (TPSA) is 120 Å². The lowest BCUT2D eigenvalue weighted by Crippen LogP contribution is -2.22. The normalized spacial score (nSPS) is 14.2. The van der Waals surface area contributed by atoms with E-state index in [4.69, 9.17) is 9.47 Å². The van der Waals surface area contributed by atoms with Gasteiger partial charge in [-0.15, -0.1) is 6.58 Å². The van der Waals surface area contributed by atoms with E-state index in [1.165, 1.54) is 12.1 Å². The number of carbonyl (C=O) groups is 2. The number of amides is 3. The molecule has 9 heteroatoms. The second-order valence-corrected chi connectivity index (χ2v) is 6.61. The highest BCUT2D eigenvalue weighted by atomic mass is 16.6. The molecular weight excluding hydrogens is 402 g/mol. The summed E-state index contributed by atoms with van der Waals surface area (Å²) in [6.45, 7) is 6.18. The lowest BCUT2D eigenvalue weighted by molar-refractivity contribution is -0.384. The first-order valence-corrected chi connectivity index (χ1v) is 9.52. The molecule has 0 atom stereocenters. The van der Waals surface area contributed by atoms with E-state index in [2.05, 4.69) is 17.2 Å². The molecule has 3 amide bonds. The number of carbonyl (C=O) groups excluding carboxylic acids is 2. The van der Waals surface area contributed by atoms with Crippen molar-refractivity contribution in [2.24, 2.45) is 0 Å². The molecule has 1 aliphatic heterocycles. The summed E-state index contributed by atoms with van der Waals surface area (Å²) in [6.07, 6.45) is 3.74. The molecule has 9 nitrogen and oxygen atoms in total. The van der Waals surface area contributed by atoms with Crippen LogP contribution in [-0.2, 0) is 17.8 Å². The summed E-state index contributed by atoms with van der Waals surface area (Å²) in [5.74, 6) is 0.481. The molecule has 160 valence electrons. The molecule has 2 aromatic carbocycles. The number of nitrogens with zero attached hydrogens (tertiary/aromatic N) is 1. The van der Waals surface area contributed by atoms with Crippen LogP contribution in [0.1, 0.15) is 23.6 Å². The number of non-ortho nitro benzene ring substituents is 1. The van der Waals surface area contributed by atoms with Gasteiger partial charge in [0.15, 0.2) is 11.5 Å². The quantitative estimate of drug-likeness (QED) is 0.209. The largest absolute Gasteiger partial charge is 0.490 e. The van der Waals surface area contributed by atoms with Crippen molar-refractivity contribution in [3.63, 3.8) is 0 Å². The van der Waals surface area contributed by atoms with Gasteiger partial charge in [-0.2, -0.15) is 0 Å². The Bertz CT molecular complexity index is 1060. The minimum atomic E-state index is -0.573. The predicted molar refractivity (Wildman–Crippen MR) is 114 cm³/mol. The number of rotatable bonds is 9. The monoisotopic (exact) mass is 423 g/mol. The molecule has 1 fully saturated rings. The van der Waals surface area contributed by atoms with Crippen molar-refractivity contribution in [3.8, 4) is 11.5 Å². The summed E-state index contributed by atoms with van der Waals surface area (Å²) >= 11 is 0. The molecule has 0 bridgehead atoms. The average Bonchev–Trinajstić information content (AvgIpc) is 3.04. The molecule has 0 saturated carbocycles. The molecule has 0 aliphatic carbocycles. The second kappa shape index (κ2) is 9.57. The number of nitrogens with one attached hydrogen (secondary N) is 2. The highest BCUT2D eigenvalue weighted by Crippen LogP contribution is 2.35. The van der Waals surface area contributed by atoms with Crippen LogP contribution in [0.3, 0.4) is 0 Å². The van der Waals surface area contributed by atoms with Gasteiger partial charge in [0.2, 0.25) is 0 Å². The zero-order valence-electron chi connectivity index (χ0n) is 16.8. The van der Waals surface area contributed by atoms with Crippen LogP contribution in [0.5, 0.6) is 11.5 Å². The van der Waals surface area contributed by atoms with Gasteiger partial charge in [-0.1, -0.05) is 6.08 Å². The fourth-order valence-electron chi connectivity index (χ4n) is 3.02. The molecule has 0 aromatic heterocycles. The first-order chi connectivity index (χ1) is 14.9. The smallest absolute Gasteiger partial charge is 0.326 e. The summed E-state index contributed by atoms with van der Waals surface area (Å²) < 4.78 is 11.8. The van der Waals surface area contributed by atoms with Gasteiger partial charge in [0, 0.05) is 17.7 Å². The lowest BCUT2D eigenvalue weighted by atomic mass is 10.0. The number of imide groups is 1. The Morgan fingerprint density at radius 2 is 1.87 bits per heavy atom. The highest BCUT2D eigenvalue weighted by Gasteiger charge is 2.23. The van der Waals surface area contributed by atoms with Gasteiger partial charge in [-0.05, 0) is 54.8 Å². The molecule has 2 N–H and O–H groups in total. The van der Waals surface area contributed by atoms with E-state index in [9.17, 15) is 19.7 Å². The van der Waals surface area contributed by atoms with Crippen LogP contribution < -0.4 is 20.1 Å². The average molecular weight is 423 g/mol. The minimum Gasteiger partial charge on any atom is -0.490 e. The Labute approximate surface area is 178 Å². The first kappa shape index (κ1) is 21.6. The van der Waals surface area contributed by atoms with E-state index in [-0.39, 0.29) is 18.0 Å². The van der Waals surface area contributed by atoms with E-state index in [1.54, 1.807) is 30.4 Å². The van der Waals surface area contributed by atoms with E-state index >= 15 is 0 Å². The molecule has 1 heterocycles. The maximum atomic E-state index is 11.8. The molecule has 1 saturated heterocycles. The third-order valence-corrected chi connectivity index (χ3v) is 4.38. The lowest BCUT2D eigenvalue weighted by Gasteiger charge is -2.17. The van der Waals surface area contributed by atoms with E-state index in [0.29, 0.717) is 30.1 Å². The summed E-state index contributed by atoms with van der Waals surface area (Å²) in [7, 11) is 0. The van der Waals surface area contributed by atoms with Crippen LogP contribution in [0, 0.1) is 10.1 Å². The second-order valence-electron chi connectivity index (χ2n) is 6.61. The Balaban J connectivity index is 1.91. The summed E-state index contributed by atoms with van der Waals surface area (Å²) in [4.78, 5) is 33.5. The van der Waals surface area contributed by atoms with Crippen molar-refractivity contribution >= 4 is 23.7 Å². The standard InChI is InChI=1S/C22H21N3O6/c1-3-5-16-10-15(11-18-21(26)24-22(27)23-18)12-19(30-4-2)20(16)31-13-14-6-8-17(9-7-14)25(28)29/h3,6-12H,1,4-5,13H2,2H3,(H2,23,24,26,27)/b18-11+. The number of nitro groups is 1. The number of hydrogen-bond acceptors (Lipinski definition) is 6. The Hall–Kier alpha value is -4.14. The molecule has 31 heavy (non-hydrogen) atoms. The zero-order chi connectivity index (χ0) is 22.4. The van der Waals surface area contributed by atoms with E-state index in [1.807, 2.05) is 13.0 Å². The van der Waals surface area contributed by atoms with Crippen LogP contribution in [-0.4, -0.2) is 23.5 Å². The van der Waals surface area contributed by atoms with Gasteiger partial charge in [0.05, 0.1) is 11.5 Å². The van der Waals surface area contributed by atoms with E-state index in [0.717, 1.165) is 11.1 Å². The molecule has 3 rings (SSSR count). The molecular formula is C22H21N3O6. The Morgan fingerprint density at radius 1 is 1.13 bits per heavy atom. The first-order valence-electron chi connectivity index (χ1n) is 9.52. The molecule has 0 unspecified atom stereocenters. The zero-order valence-corrected chi connectivity index (χ0v) is 16.8. The molecule has 1 aliphatic rings. The van der Waals surface area contributed by atoms with Crippen molar-refractivity contribution in [1.82, 2.24) is 10.6 Å². The SMILES string of the molecule is C=CCc1cc(/C=C2/NC(=O)NC2=O)cc(OCC)c1OCc1ccc([N+](=O)[O-])cc1. The third kappa shape index (κ3) is 5.27. The van der Waals surface area contributed by atoms with E-state index < -0.39 is 16.9 Å². The van der Waals surface area contributed by atoms with Crippen molar-refractivity contribution in [2.45, 2.75) is 20.0 Å². The third-order valence-electron chi connectivity index (χ3n) is 4.38. The van der Waals surface area contributed by atoms with Crippen LogP contribution in [0.25, 0.3) is 6.08 Å². The Morgan fingerprint density at radius 3 is 2.45 bits per heavy atom. The van der Waals surface area contributed by atoms with Gasteiger partial charge in [-0.3, -0.25) is 20.2 Å². The number of urea groups is 1. The van der Waals surface area contributed by atoms with Crippen LogP contribution in [0.4, 0.5) is 10.5 Å². The highest BCUT2D eigenvalue weighted by molar-refractivity contribution is 6.14. The molecule has 2 aromatic rings. The van der Waals surface area contributed by atoms with Gasteiger partial charge >= 0.3 is 6.03 Å². The van der Waals surface area contributed by atoms with Crippen molar-refractivity contribution in [2.75, 3.05) is 6.61 Å². The van der Waals surface area contributed by atoms with Gasteiger partial charge in [0.1, 0.15) is 12.3 Å². The van der Waals surface area contributed by atoms with Crippen molar-refractivity contribution < 1.29 is 24.0 Å². The van der Waals surface area contributed by atoms with Crippen LogP contribution >= 0.6 is 0 Å².